The van der Waals surface area contributed by atoms with Gasteiger partial charge in [0, 0.05) is 5.56 Å². The lowest BCUT2D eigenvalue weighted by Gasteiger charge is -2.20. The summed E-state index contributed by atoms with van der Waals surface area (Å²) in [7, 11) is 0. The lowest BCUT2D eigenvalue weighted by atomic mass is 10.0. The maximum Gasteiger partial charge on any atom is 0.425 e. The number of anilines is 1. The molecule has 0 bridgehead atoms. The third-order valence-corrected chi connectivity index (χ3v) is 4.65. The van der Waals surface area contributed by atoms with E-state index in [4.69, 9.17) is 16.3 Å². The van der Waals surface area contributed by atoms with Gasteiger partial charge in [-0.15, -0.1) is 0 Å². The first-order valence-corrected chi connectivity index (χ1v) is 9.24. The van der Waals surface area contributed by atoms with Crippen molar-refractivity contribution in [1.29, 1.82) is 0 Å². The summed E-state index contributed by atoms with van der Waals surface area (Å²) in [4.78, 5) is 26.3. The van der Waals surface area contributed by atoms with Crippen molar-refractivity contribution in [3.05, 3.63) is 62.7 Å². The molecule has 3 rings (SSSR count). The Morgan fingerprint density at radius 3 is 2.47 bits per heavy atom. The molecular weight excluding hydrogens is 463 g/mol. The number of ether oxygens (including phenoxy) is 1. The topological polar surface area (TPSA) is 99.9 Å². The smallest absolute Gasteiger partial charge is 0.425 e. The summed E-state index contributed by atoms with van der Waals surface area (Å²) in [6.45, 7) is 2.22. The molecule has 1 atom stereocenters. The van der Waals surface area contributed by atoms with Gasteiger partial charge in [-0.3, -0.25) is 14.7 Å². The molecule has 0 spiro atoms. The maximum absolute atomic E-state index is 14.8. The van der Waals surface area contributed by atoms with E-state index in [1.165, 1.54) is 6.92 Å². The quantitative estimate of drug-likeness (QED) is 0.469. The highest BCUT2D eigenvalue weighted by atomic mass is 35.5. The average molecular weight is 477 g/mol. The summed E-state index contributed by atoms with van der Waals surface area (Å²) in [6.07, 6.45) is -7.16. The Balaban J connectivity index is 2.10. The fraction of sp³-hybridized carbons (Fsp3) is 0.211. The first-order valence-electron chi connectivity index (χ1n) is 8.86. The second-order valence-corrected chi connectivity index (χ2v) is 7.01. The van der Waals surface area contributed by atoms with Crippen molar-refractivity contribution in [3.8, 4) is 17.0 Å². The number of aromatic nitrogens is 3. The number of hydrogen-bond donors (Lipinski definition) is 3. The Hall–Kier alpha value is -3.41. The number of hydrogen-bond acceptors (Lipinski definition) is 4. The number of alkyl halides is 3. The van der Waals surface area contributed by atoms with Crippen LogP contribution in [0.3, 0.4) is 0 Å². The molecule has 0 aliphatic rings. The minimum absolute atomic E-state index is 0.0406. The Morgan fingerprint density at radius 1 is 1.22 bits per heavy atom. The van der Waals surface area contributed by atoms with E-state index in [0.29, 0.717) is 18.7 Å². The number of benzene rings is 1. The normalized spacial score (nSPS) is 12.5. The molecule has 170 valence electrons. The van der Waals surface area contributed by atoms with Gasteiger partial charge in [0.25, 0.3) is 11.5 Å². The number of carbonyl (C=O) groups is 1. The second kappa shape index (κ2) is 8.61. The van der Waals surface area contributed by atoms with Crippen LogP contribution in [0.25, 0.3) is 11.3 Å². The van der Waals surface area contributed by atoms with Gasteiger partial charge in [0.1, 0.15) is 17.3 Å². The van der Waals surface area contributed by atoms with Gasteiger partial charge in [-0.25, -0.2) is 8.78 Å². The van der Waals surface area contributed by atoms with Gasteiger partial charge in [0.15, 0.2) is 17.1 Å². The zero-order valence-electron chi connectivity index (χ0n) is 16.3. The summed E-state index contributed by atoms with van der Waals surface area (Å²) in [5, 5.41) is 8.37. The van der Waals surface area contributed by atoms with Crippen molar-refractivity contribution in [2.45, 2.75) is 26.1 Å². The zero-order chi connectivity index (χ0) is 23.8. The van der Waals surface area contributed by atoms with Crippen LogP contribution in [0.2, 0.25) is 5.15 Å². The molecule has 0 aliphatic carbocycles. The molecule has 32 heavy (non-hydrogen) atoms. The first-order chi connectivity index (χ1) is 14.9. The minimum Gasteiger partial charge on any atom is -0.480 e. The largest absolute Gasteiger partial charge is 0.480 e. The molecule has 2 aromatic heterocycles. The molecule has 0 aliphatic heterocycles. The SMILES string of the molecule is Cc1[nH]nc(Cl)c1NC(=O)c1cc(F)c(-c2ccc(F)c(=O)[nH]2)cc1OC(C)C(F)(F)F. The molecule has 0 saturated heterocycles. The number of carbonyl (C=O) groups excluding carboxylic acids is 1. The third-order valence-electron chi connectivity index (χ3n) is 4.37. The molecule has 7 nitrogen and oxygen atoms in total. The zero-order valence-corrected chi connectivity index (χ0v) is 17.1. The number of amides is 1. The fourth-order valence-electron chi connectivity index (χ4n) is 2.63. The van der Waals surface area contributed by atoms with Crippen molar-refractivity contribution < 1.29 is 31.5 Å². The average Bonchev–Trinajstić information content (AvgIpc) is 3.02. The summed E-state index contributed by atoms with van der Waals surface area (Å²) in [5.74, 6) is -3.89. The van der Waals surface area contributed by atoms with Gasteiger partial charge in [-0.2, -0.15) is 18.3 Å². The van der Waals surface area contributed by atoms with Gasteiger partial charge >= 0.3 is 6.18 Å². The molecule has 1 amide bonds. The van der Waals surface area contributed by atoms with Crippen molar-refractivity contribution >= 4 is 23.2 Å². The van der Waals surface area contributed by atoms with Crippen LogP contribution in [0.4, 0.5) is 27.6 Å². The highest BCUT2D eigenvalue weighted by Crippen LogP contribution is 2.33. The number of aromatic amines is 2. The van der Waals surface area contributed by atoms with Crippen LogP contribution in [0.15, 0.2) is 29.1 Å². The van der Waals surface area contributed by atoms with Crippen molar-refractivity contribution in [2.24, 2.45) is 0 Å². The van der Waals surface area contributed by atoms with E-state index in [0.717, 1.165) is 18.2 Å². The van der Waals surface area contributed by atoms with Crippen LogP contribution in [-0.2, 0) is 0 Å². The van der Waals surface area contributed by atoms with Crippen LogP contribution >= 0.6 is 11.6 Å². The first kappa shape index (κ1) is 23.3. The molecule has 3 N–H and O–H groups in total. The molecule has 3 aromatic rings. The number of nitrogens with one attached hydrogen (secondary N) is 3. The van der Waals surface area contributed by atoms with E-state index in [-0.39, 0.29) is 16.5 Å². The highest BCUT2D eigenvalue weighted by molar-refractivity contribution is 6.33. The van der Waals surface area contributed by atoms with Gasteiger partial charge in [-0.1, -0.05) is 11.6 Å². The number of halogens is 6. The minimum atomic E-state index is -4.79. The molecule has 1 unspecified atom stereocenters. The van der Waals surface area contributed by atoms with E-state index < -0.39 is 52.3 Å². The fourth-order valence-corrected chi connectivity index (χ4v) is 2.86. The molecular formula is C19H14ClF5N4O3. The maximum atomic E-state index is 14.8. The number of nitrogens with zero attached hydrogens (tertiary/aromatic N) is 1. The third kappa shape index (κ3) is 4.74. The van der Waals surface area contributed by atoms with Crippen LogP contribution in [0.1, 0.15) is 23.0 Å². The van der Waals surface area contributed by atoms with Gasteiger partial charge < -0.3 is 15.0 Å². The highest BCUT2D eigenvalue weighted by Gasteiger charge is 2.39. The monoisotopic (exact) mass is 476 g/mol. The van der Waals surface area contributed by atoms with Gasteiger partial charge in [0.05, 0.1) is 17.0 Å². The van der Waals surface area contributed by atoms with Gasteiger partial charge in [-0.05, 0) is 38.1 Å². The van der Waals surface area contributed by atoms with E-state index >= 15 is 0 Å². The lowest BCUT2D eigenvalue weighted by molar-refractivity contribution is -0.189. The van der Waals surface area contributed by atoms with E-state index in [1.807, 2.05) is 0 Å². The second-order valence-electron chi connectivity index (χ2n) is 6.65. The van der Waals surface area contributed by atoms with Crippen molar-refractivity contribution in [3.63, 3.8) is 0 Å². The Labute approximate surface area is 181 Å². The predicted octanol–water partition coefficient (Wildman–Crippen LogP) is 4.59. The number of pyridine rings is 1. The molecule has 0 radical (unpaired) electrons. The van der Waals surface area contributed by atoms with Gasteiger partial charge in [0.2, 0.25) is 0 Å². The summed E-state index contributed by atoms with van der Waals surface area (Å²) >= 11 is 5.85. The number of aryl methyl sites for hydroxylation is 1. The standard InChI is InChI=1S/C19H14ClF5N4O3/c1-7-15(16(20)29-28-7)27-17(30)10-5-12(22)9(13-4-3-11(21)18(31)26-13)6-14(10)32-8(2)19(23,24)25/h3-6,8H,1-2H3,(H,26,31)(H,27,30)(H,28,29). The van der Waals surface area contributed by atoms with Crippen LogP contribution in [0, 0.1) is 18.6 Å². The number of H-pyrrole nitrogens is 2. The van der Waals surface area contributed by atoms with E-state index in [9.17, 15) is 31.5 Å². The Bertz CT molecular complexity index is 1220. The van der Waals surface area contributed by atoms with Crippen LogP contribution < -0.4 is 15.6 Å². The molecule has 0 saturated carbocycles. The molecule has 2 heterocycles. The van der Waals surface area contributed by atoms with Crippen LogP contribution in [-0.4, -0.2) is 33.4 Å². The number of rotatable bonds is 5. The Morgan fingerprint density at radius 2 is 1.91 bits per heavy atom. The van der Waals surface area contributed by atoms with Crippen molar-refractivity contribution in [1.82, 2.24) is 15.2 Å². The summed E-state index contributed by atoms with van der Waals surface area (Å²) in [6, 6.07) is 3.21. The Kier molecular flexibility index (Phi) is 6.26. The summed E-state index contributed by atoms with van der Waals surface area (Å²) in [5.41, 5.74) is -2.02. The molecule has 13 heteroatoms. The van der Waals surface area contributed by atoms with E-state index in [2.05, 4.69) is 20.5 Å². The molecule has 0 fully saturated rings. The van der Waals surface area contributed by atoms with Crippen LogP contribution in [0.5, 0.6) is 5.75 Å². The summed E-state index contributed by atoms with van der Waals surface area (Å²) < 4.78 is 72.1. The predicted molar refractivity (Wildman–Crippen MR) is 105 cm³/mol. The molecule has 1 aromatic carbocycles. The lowest BCUT2D eigenvalue weighted by Crippen LogP contribution is -2.32. The van der Waals surface area contributed by atoms with Crippen molar-refractivity contribution in [2.75, 3.05) is 5.32 Å². The van der Waals surface area contributed by atoms with E-state index in [1.54, 1.807) is 0 Å².